The lowest BCUT2D eigenvalue weighted by molar-refractivity contribution is -0.146. The molecule has 0 amide bonds. The van der Waals surface area contributed by atoms with Crippen LogP contribution in [0.4, 0.5) is 4.39 Å². The van der Waals surface area contributed by atoms with E-state index in [1.54, 1.807) is 0 Å². The number of rotatable bonds is 3. The van der Waals surface area contributed by atoms with Gasteiger partial charge in [0, 0.05) is 0 Å². The Kier molecular flexibility index (Phi) is 3.03. The highest BCUT2D eigenvalue weighted by Crippen LogP contribution is 2.22. The van der Waals surface area contributed by atoms with E-state index in [0.29, 0.717) is 0 Å². The molecule has 0 saturated carbocycles. The van der Waals surface area contributed by atoms with Crippen LogP contribution < -0.4 is 4.74 Å². The Morgan fingerprint density at radius 3 is 2.71 bits per heavy atom. The van der Waals surface area contributed by atoms with E-state index in [1.165, 1.54) is 13.2 Å². The van der Waals surface area contributed by atoms with Gasteiger partial charge in [-0.15, -0.1) is 0 Å². The molecule has 0 aliphatic carbocycles. The van der Waals surface area contributed by atoms with Crippen molar-refractivity contribution >= 4 is 5.97 Å². The lowest BCUT2D eigenvalue weighted by Crippen LogP contribution is -2.10. The van der Waals surface area contributed by atoms with Crippen molar-refractivity contribution in [2.75, 3.05) is 7.11 Å². The molecule has 0 aromatic heterocycles. The van der Waals surface area contributed by atoms with Crippen molar-refractivity contribution in [3.8, 4) is 5.75 Å². The molecule has 0 bridgehead atoms. The topological polar surface area (TPSA) is 66.8 Å². The predicted molar refractivity (Wildman–Crippen MR) is 45.5 cm³/mol. The van der Waals surface area contributed by atoms with Crippen molar-refractivity contribution < 1.29 is 24.1 Å². The minimum atomic E-state index is -1.66. The first-order valence-corrected chi connectivity index (χ1v) is 3.80. The Morgan fingerprint density at radius 1 is 1.57 bits per heavy atom. The van der Waals surface area contributed by atoms with Crippen molar-refractivity contribution in [3.05, 3.63) is 29.6 Å². The molecule has 14 heavy (non-hydrogen) atoms. The lowest BCUT2D eigenvalue weighted by Gasteiger charge is -2.08. The van der Waals surface area contributed by atoms with Crippen molar-refractivity contribution in [2.24, 2.45) is 0 Å². The van der Waals surface area contributed by atoms with Crippen LogP contribution in [0.5, 0.6) is 5.75 Å². The highest BCUT2D eigenvalue weighted by Gasteiger charge is 2.17. The number of hydrogen-bond donors (Lipinski definition) is 2. The summed E-state index contributed by atoms with van der Waals surface area (Å²) < 4.78 is 17.5. The number of benzene rings is 1. The van der Waals surface area contributed by atoms with Gasteiger partial charge in [-0.25, -0.2) is 9.18 Å². The van der Waals surface area contributed by atoms with E-state index in [9.17, 15) is 9.18 Å². The van der Waals surface area contributed by atoms with Crippen LogP contribution in [-0.4, -0.2) is 23.3 Å². The Labute approximate surface area is 79.6 Å². The van der Waals surface area contributed by atoms with Gasteiger partial charge in [-0.05, 0) is 17.7 Å². The van der Waals surface area contributed by atoms with E-state index in [-0.39, 0.29) is 11.3 Å². The molecule has 1 atom stereocenters. The second-order valence-corrected chi connectivity index (χ2v) is 2.63. The molecular formula is C9H9FO4. The molecule has 0 aliphatic rings. The predicted octanol–water partition coefficient (Wildman–Crippen LogP) is 0.952. The molecule has 0 fully saturated rings. The third kappa shape index (κ3) is 2.00. The molecule has 1 aromatic carbocycles. The van der Waals surface area contributed by atoms with Gasteiger partial charge in [0.25, 0.3) is 0 Å². The smallest absolute Gasteiger partial charge is 0.337 e. The van der Waals surface area contributed by atoms with E-state index in [0.717, 1.165) is 12.1 Å². The summed E-state index contributed by atoms with van der Waals surface area (Å²) in [6.07, 6.45) is -1.66. The van der Waals surface area contributed by atoms with Crippen LogP contribution >= 0.6 is 0 Å². The van der Waals surface area contributed by atoms with Gasteiger partial charge < -0.3 is 14.9 Å². The Balaban J connectivity index is 3.06. The summed E-state index contributed by atoms with van der Waals surface area (Å²) in [7, 11) is 1.26. The van der Waals surface area contributed by atoms with Gasteiger partial charge in [-0.2, -0.15) is 0 Å². The number of carboxylic acids is 1. The maximum Gasteiger partial charge on any atom is 0.337 e. The molecule has 0 unspecified atom stereocenters. The maximum atomic E-state index is 12.9. The summed E-state index contributed by atoms with van der Waals surface area (Å²) in [5.41, 5.74) is 0.0794. The Morgan fingerprint density at radius 2 is 2.21 bits per heavy atom. The highest BCUT2D eigenvalue weighted by atomic mass is 19.1. The van der Waals surface area contributed by atoms with Crippen LogP contribution in [0.15, 0.2) is 18.2 Å². The van der Waals surface area contributed by atoms with Gasteiger partial charge in [-0.3, -0.25) is 0 Å². The van der Waals surface area contributed by atoms with Crippen LogP contribution in [0.25, 0.3) is 0 Å². The first-order valence-electron chi connectivity index (χ1n) is 3.80. The molecule has 0 aliphatic heterocycles. The standard InChI is InChI=1S/C9H9FO4/c1-14-7-4-5(2-3-6(7)10)8(11)9(12)13/h2-4,8,11H,1H3,(H,12,13)/t8-/m1/s1. The molecule has 5 heteroatoms. The van der Waals surface area contributed by atoms with Gasteiger partial charge in [0.05, 0.1) is 7.11 Å². The van der Waals surface area contributed by atoms with Gasteiger partial charge >= 0.3 is 5.97 Å². The zero-order chi connectivity index (χ0) is 10.7. The molecule has 0 heterocycles. The number of aliphatic carboxylic acids is 1. The average molecular weight is 200 g/mol. The van der Waals surface area contributed by atoms with E-state index in [2.05, 4.69) is 4.74 Å². The average Bonchev–Trinajstić information content (AvgIpc) is 2.17. The number of methoxy groups -OCH3 is 1. The van der Waals surface area contributed by atoms with Crippen LogP contribution in [0.1, 0.15) is 11.7 Å². The number of halogens is 1. The van der Waals surface area contributed by atoms with Crippen molar-refractivity contribution in [1.82, 2.24) is 0 Å². The second-order valence-electron chi connectivity index (χ2n) is 2.63. The fraction of sp³-hybridized carbons (Fsp3) is 0.222. The number of carboxylic acid groups (broad SMARTS) is 1. The maximum absolute atomic E-state index is 12.9. The normalized spacial score (nSPS) is 12.2. The molecule has 4 nitrogen and oxygen atoms in total. The number of carbonyl (C=O) groups is 1. The molecule has 1 rings (SSSR count). The summed E-state index contributed by atoms with van der Waals surface area (Å²) in [6, 6.07) is 3.38. The molecule has 2 N–H and O–H groups in total. The van der Waals surface area contributed by atoms with Gasteiger partial charge in [-0.1, -0.05) is 6.07 Å². The van der Waals surface area contributed by atoms with Crippen LogP contribution in [0.3, 0.4) is 0 Å². The fourth-order valence-electron chi connectivity index (χ4n) is 0.989. The molecule has 0 saturated heterocycles. The number of ether oxygens (including phenoxy) is 1. The summed E-state index contributed by atoms with van der Waals surface area (Å²) in [6.45, 7) is 0. The lowest BCUT2D eigenvalue weighted by atomic mass is 10.1. The largest absolute Gasteiger partial charge is 0.494 e. The van der Waals surface area contributed by atoms with Gasteiger partial charge in [0.15, 0.2) is 17.7 Å². The van der Waals surface area contributed by atoms with Gasteiger partial charge in [0.2, 0.25) is 0 Å². The first-order chi connectivity index (χ1) is 6.56. The quantitative estimate of drug-likeness (QED) is 0.762. The van der Waals surface area contributed by atoms with Crippen LogP contribution in [-0.2, 0) is 4.79 Å². The number of hydrogen-bond acceptors (Lipinski definition) is 3. The minimum Gasteiger partial charge on any atom is -0.494 e. The molecule has 76 valence electrons. The number of aliphatic hydroxyl groups is 1. The van der Waals surface area contributed by atoms with Crippen molar-refractivity contribution in [1.29, 1.82) is 0 Å². The van der Waals surface area contributed by atoms with Crippen molar-refractivity contribution in [3.63, 3.8) is 0 Å². The summed E-state index contributed by atoms with van der Waals surface area (Å²) in [4.78, 5) is 10.4. The zero-order valence-corrected chi connectivity index (χ0v) is 7.40. The van der Waals surface area contributed by atoms with Crippen LogP contribution in [0, 0.1) is 5.82 Å². The third-order valence-electron chi connectivity index (χ3n) is 1.72. The second kappa shape index (κ2) is 4.06. The zero-order valence-electron chi connectivity index (χ0n) is 7.40. The third-order valence-corrected chi connectivity index (χ3v) is 1.72. The highest BCUT2D eigenvalue weighted by molar-refractivity contribution is 5.74. The SMILES string of the molecule is COc1cc([C@@H](O)C(=O)O)ccc1F. The fourth-order valence-corrected chi connectivity index (χ4v) is 0.989. The minimum absolute atomic E-state index is 0.0794. The summed E-state index contributed by atoms with van der Waals surface area (Å²) >= 11 is 0. The molecular weight excluding hydrogens is 191 g/mol. The van der Waals surface area contributed by atoms with E-state index in [4.69, 9.17) is 10.2 Å². The van der Waals surface area contributed by atoms with Gasteiger partial charge in [0.1, 0.15) is 0 Å². The molecule has 0 spiro atoms. The van der Waals surface area contributed by atoms with Crippen LogP contribution in [0.2, 0.25) is 0 Å². The Hall–Kier alpha value is -1.62. The van der Waals surface area contributed by atoms with E-state index < -0.39 is 17.9 Å². The molecule has 1 aromatic rings. The van der Waals surface area contributed by atoms with E-state index >= 15 is 0 Å². The van der Waals surface area contributed by atoms with Crippen molar-refractivity contribution in [2.45, 2.75) is 6.10 Å². The first kappa shape index (κ1) is 10.5. The monoisotopic (exact) mass is 200 g/mol. The summed E-state index contributed by atoms with van der Waals surface area (Å²) in [5, 5.41) is 17.6. The Bertz CT molecular complexity index is 351. The summed E-state index contributed by atoms with van der Waals surface area (Å²) in [5.74, 6) is -2.09. The molecule has 0 radical (unpaired) electrons. The number of aliphatic hydroxyl groups excluding tert-OH is 1. The van der Waals surface area contributed by atoms with E-state index in [1.807, 2.05) is 0 Å².